The third-order valence-electron chi connectivity index (χ3n) is 1.93. The molecule has 5 nitrogen and oxygen atoms in total. The van der Waals surface area contributed by atoms with Crippen molar-refractivity contribution >= 4 is 11.8 Å². The maximum absolute atomic E-state index is 11.9. The molecule has 19 heavy (non-hydrogen) atoms. The first-order valence-corrected chi connectivity index (χ1v) is 5.14. The largest absolute Gasteiger partial charge is 0.484 e. The maximum Gasteiger partial charge on any atom is 0.405 e. The molecule has 0 bridgehead atoms. The molecule has 0 aliphatic heterocycles. The van der Waals surface area contributed by atoms with E-state index in [2.05, 4.69) is 0 Å². The zero-order valence-electron chi connectivity index (χ0n) is 9.66. The summed E-state index contributed by atoms with van der Waals surface area (Å²) < 4.78 is 40.7. The SMILES string of the molecule is NC(=O)COc1cccc(C(=O)NCC(F)(F)F)c1. The van der Waals surface area contributed by atoms with Gasteiger partial charge >= 0.3 is 6.18 Å². The average molecular weight is 276 g/mol. The van der Waals surface area contributed by atoms with E-state index in [0.29, 0.717) is 0 Å². The maximum atomic E-state index is 11.9. The van der Waals surface area contributed by atoms with Gasteiger partial charge in [0.05, 0.1) is 0 Å². The normalized spacial score (nSPS) is 10.9. The smallest absolute Gasteiger partial charge is 0.405 e. The van der Waals surface area contributed by atoms with E-state index < -0.39 is 24.5 Å². The van der Waals surface area contributed by atoms with Gasteiger partial charge in [0.2, 0.25) is 0 Å². The second-order valence-corrected chi connectivity index (χ2v) is 3.58. The van der Waals surface area contributed by atoms with E-state index in [1.807, 2.05) is 0 Å². The van der Waals surface area contributed by atoms with Crippen molar-refractivity contribution < 1.29 is 27.5 Å². The van der Waals surface area contributed by atoms with Crippen LogP contribution in [0.15, 0.2) is 24.3 Å². The molecule has 0 saturated carbocycles. The molecule has 1 aromatic rings. The van der Waals surface area contributed by atoms with Gasteiger partial charge in [-0.15, -0.1) is 0 Å². The van der Waals surface area contributed by atoms with Gasteiger partial charge < -0.3 is 15.8 Å². The van der Waals surface area contributed by atoms with E-state index in [1.165, 1.54) is 24.3 Å². The van der Waals surface area contributed by atoms with Crippen LogP contribution in [-0.4, -0.2) is 31.1 Å². The van der Waals surface area contributed by atoms with E-state index in [9.17, 15) is 22.8 Å². The minimum Gasteiger partial charge on any atom is -0.484 e. The van der Waals surface area contributed by atoms with E-state index in [4.69, 9.17) is 10.5 Å². The lowest BCUT2D eigenvalue weighted by Gasteiger charge is -2.09. The van der Waals surface area contributed by atoms with Gasteiger partial charge in [0.1, 0.15) is 12.3 Å². The molecule has 2 amide bonds. The Kier molecular flexibility index (Phi) is 4.74. The number of rotatable bonds is 5. The highest BCUT2D eigenvalue weighted by Gasteiger charge is 2.27. The molecule has 1 aromatic carbocycles. The third-order valence-corrected chi connectivity index (χ3v) is 1.93. The highest BCUT2D eigenvalue weighted by Crippen LogP contribution is 2.15. The number of hydrogen-bond acceptors (Lipinski definition) is 3. The summed E-state index contributed by atoms with van der Waals surface area (Å²) in [5, 5.41) is 1.72. The highest BCUT2D eigenvalue weighted by atomic mass is 19.4. The Balaban J connectivity index is 2.65. The van der Waals surface area contributed by atoms with Gasteiger partial charge in [-0.25, -0.2) is 0 Å². The van der Waals surface area contributed by atoms with E-state index in [0.717, 1.165) is 0 Å². The Bertz CT molecular complexity index is 474. The summed E-state index contributed by atoms with van der Waals surface area (Å²) >= 11 is 0. The molecule has 0 aromatic heterocycles. The summed E-state index contributed by atoms with van der Waals surface area (Å²) in [5.41, 5.74) is 4.86. The molecule has 0 heterocycles. The van der Waals surface area contributed by atoms with Crippen LogP contribution >= 0.6 is 0 Å². The van der Waals surface area contributed by atoms with Crippen molar-refractivity contribution in [2.75, 3.05) is 13.2 Å². The summed E-state index contributed by atoms with van der Waals surface area (Å²) in [6.07, 6.45) is -4.48. The fourth-order valence-corrected chi connectivity index (χ4v) is 1.16. The van der Waals surface area contributed by atoms with Gasteiger partial charge in [0, 0.05) is 5.56 Å². The van der Waals surface area contributed by atoms with E-state index in [1.54, 1.807) is 5.32 Å². The van der Waals surface area contributed by atoms with E-state index in [-0.39, 0.29) is 17.9 Å². The number of halogens is 3. The van der Waals surface area contributed by atoms with Gasteiger partial charge in [-0.05, 0) is 18.2 Å². The van der Waals surface area contributed by atoms with Crippen LogP contribution in [-0.2, 0) is 4.79 Å². The first-order valence-electron chi connectivity index (χ1n) is 5.14. The Hall–Kier alpha value is -2.25. The molecule has 104 valence electrons. The predicted molar refractivity (Wildman–Crippen MR) is 59.5 cm³/mol. The summed E-state index contributed by atoms with van der Waals surface area (Å²) in [6, 6.07) is 5.40. The number of primary amides is 1. The Labute approximate surface area is 106 Å². The molecule has 0 unspecified atom stereocenters. The van der Waals surface area contributed by atoms with Gasteiger partial charge in [0.25, 0.3) is 11.8 Å². The molecule has 0 atom stereocenters. The number of alkyl halides is 3. The lowest BCUT2D eigenvalue weighted by Crippen LogP contribution is -2.33. The van der Waals surface area contributed by atoms with Crippen molar-refractivity contribution in [2.24, 2.45) is 5.73 Å². The number of amides is 2. The van der Waals surface area contributed by atoms with Crippen molar-refractivity contribution in [3.8, 4) is 5.75 Å². The Morgan fingerprint density at radius 2 is 2.00 bits per heavy atom. The third kappa shape index (κ3) is 5.75. The first-order chi connectivity index (χ1) is 8.78. The van der Waals surface area contributed by atoms with Crippen molar-refractivity contribution in [3.05, 3.63) is 29.8 Å². The van der Waals surface area contributed by atoms with Gasteiger partial charge in [-0.3, -0.25) is 9.59 Å². The lowest BCUT2D eigenvalue weighted by molar-refractivity contribution is -0.123. The highest BCUT2D eigenvalue weighted by molar-refractivity contribution is 5.94. The van der Waals surface area contributed by atoms with Crippen molar-refractivity contribution in [1.82, 2.24) is 5.32 Å². The van der Waals surface area contributed by atoms with Crippen LogP contribution in [0.2, 0.25) is 0 Å². The molecule has 0 saturated heterocycles. The summed E-state index contributed by atoms with van der Waals surface area (Å²) in [5.74, 6) is -1.42. The second-order valence-electron chi connectivity index (χ2n) is 3.58. The second kappa shape index (κ2) is 6.07. The number of carbonyl (C=O) groups is 2. The number of nitrogens with one attached hydrogen (secondary N) is 1. The fraction of sp³-hybridized carbons (Fsp3) is 0.273. The monoisotopic (exact) mass is 276 g/mol. The van der Waals surface area contributed by atoms with Gasteiger partial charge in [-0.1, -0.05) is 6.07 Å². The number of nitrogens with two attached hydrogens (primary N) is 1. The average Bonchev–Trinajstić information content (AvgIpc) is 2.33. The van der Waals surface area contributed by atoms with Crippen molar-refractivity contribution in [3.63, 3.8) is 0 Å². The van der Waals surface area contributed by atoms with Crippen LogP contribution < -0.4 is 15.8 Å². The molecular weight excluding hydrogens is 265 g/mol. The molecule has 8 heteroatoms. The minimum atomic E-state index is -4.48. The van der Waals surface area contributed by atoms with Crippen molar-refractivity contribution in [2.45, 2.75) is 6.18 Å². The quantitative estimate of drug-likeness (QED) is 0.836. The summed E-state index contributed by atoms with van der Waals surface area (Å²) in [7, 11) is 0. The van der Waals surface area contributed by atoms with Crippen LogP contribution in [0.25, 0.3) is 0 Å². The standard InChI is InChI=1S/C11H11F3N2O3/c12-11(13,14)6-16-10(18)7-2-1-3-8(4-7)19-5-9(15)17/h1-4H,5-6H2,(H2,15,17)(H,16,18). The minimum absolute atomic E-state index is 0.00813. The van der Waals surface area contributed by atoms with Crippen LogP contribution in [0.4, 0.5) is 13.2 Å². The summed E-state index contributed by atoms with van der Waals surface area (Å²) in [4.78, 5) is 21.9. The predicted octanol–water partition coefficient (Wildman–Crippen LogP) is 0.843. The molecule has 0 fully saturated rings. The Morgan fingerprint density at radius 3 is 2.58 bits per heavy atom. The number of benzene rings is 1. The molecule has 0 radical (unpaired) electrons. The summed E-state index contributed by atoms with van der Waals surface area (Å²) in [6.45, 7) is -1.80. The number of hydrogen-bond donors (Lipinski definition) is 2. The van der Waals surface area contributed by atoms with Crippen LogP contribution in [0.3, 0.4) is 0 Å². The zero-order chi connectivity index (χ0) is 14.5. The van der Waals surface area contributed by atoms with Gasteiger partial charge in [-0.2, -0.15) is 13.2 Å². The fourth-order valence-electron chi connectivity index (χ4n) is 1.16. The van der Waals surface area contributed by atoms with E-state index >= 15 is 0 Å². The molecule has 0 spiro atoms. The lowest BCUT2D eigenvalue weighted by atomic mass is 10.2. The molecular formula is C11H11F3N2O3. The molecule has 1 rings (SSSR count). The molecule has 3 N–H and O–H groups in total. The molecule has 0 aliphatic carbocycles. The number of carbonyl (C=O) groups excluding carboxylic acids is 2. The zero-order valence-corrected chi connectivity index (χ0v) is 9.66. The first kappa shape index (κ1) is 14.8. The van der Waals surface area contributed by atoms with Crippen LogP contribution in [0.1, 0.15) is 10.4 Å². The molecule has 0 aliphatic rings. The van der Waals surface area contributed by atoms with Gasteiger partial charge in [0.15, 0.2) is 6.61 Å². The number of ether oxygens (including phenoxy) is 1. The van der Waals surface area contributed by atoms with Crippen LogP contribution in [0, 0.1) is 0 Å². The Morgan fingerprint density at radius 1 is 1.32 bits per heavy atom. The topological polar surface area (TPSA) is 81.4 Å². The van der Waals surface area contributed by atoms with Crippen LogP contribution in [0.5, 0.6) is 5.75 Å². The van der Waals surface area contributed by atoms with Crippen molar-refractivity contribution in [1.29, 1.82) is 0 Å².